The summed E-state index contributed by atoms with van der Waals surface area (Å²) >= 11 is 5.91. The van der Waals surface area contributed by atoms with Gasteiger partial charge in [0.1, 0.15) is 11.6 Å². The van der Waals surface area contributed by atoms with Crippen molar-refractivity contribution in [3.8, 4) is 5.75 Å². The van der Waals surface area contributed by atoms with Crippen LogP contribution in [0.2, 0.25) is 5.02 Å². The van der Waals surface area contributed by atoms with Crippen molar-refractivity contribution < 1.29 is 9.13 Å². The van der Waals surface area contributed by atoms with Gasteiger partial charge in [0.05, 0.1) is 18.2 Å². The molecule has 112 valence electrons. The van der Waals surface area contributed by atoms with E-state index >= 15 is 0 Å². The summed E-state index contributed by atoms with van der Waals surface area (Å²) in [4.78, 5) is 0. The minimum Gasteiger partial charge on any atom is -0.497 e. The Labute approximate surface area is 129 Å². The maximum absolute atomic E-state index is 14.3. The fourth-order valence-electron chi connectivity index (χ4n) is 2.43. The molecule has 0 aliphatic heterocycles. The molecule has 2 aromatic carbocycles. The Bertz CT molecular complexity index is 630. The van der Waals surface area contributed by atoms with Crippen molar-refractivity contribution >= 4 is 11.6 Å². The second kappa shape index (κ2) is 6.92. The standard InChI is InChI=1S/C17H19ClFNO/c1-4-20-17(14-6-5-7-15(18)16(14)19)13-9-8-12(21-3)10-11(13)2/h5-10,17,20H,4H2,1-3H3. The first-order valence-electron chi connectivity index (χ1n) is 6.90. The van der Waals surface area contributed by atoms with Crippen molar-refractivity contribution in [2.24, 2.45) is 0 Å². The van der Waals surface area contributed by atoms with Crippen LogP contribution in [0.4, 0.5) is 4.39 Å². The molecule has 0 amide bonds. The van der Waals surface area contributed by atoms with Gasteiger partial charge in [0.25, 0.3) is 0 Å². The Morgan fingerprint density at radius 2 is 2.00 bits per heavy atom. The van der Waals surface area contributed by atoms with E-state index < -0.39 is 0 Å². The van der Waals surface area contributed by atoms with E-state index in [4.69, 9.17) is 16.3 Å². The number of ether oxygens (including phenoxy) is 1. The van der Waals surface area contributed by atoms with E-state index in [0.29, 0.717) is 5.56 Å². The largest absolute Gasteiger partial charge is 0.497 e. The van der Waals surface area contributed by atoms with Crippen LogP contribution in [0.15, 0.2) is 36.4 Å². The van der Waals surface area contributed by atoms with Crippen molar-refractivity contribution in [1.29, 1.82) is 0 Å². The lowest BCUT2D eigenvalue weighted by Crippen LogP contribution is -2.23. The Hall–Kier alpha value is -1.58. The third kappa shape index (κ3) is 3.36. The summed E-state index contributed by atoms with van der Waals surface area (Å²) in [6.07, 6.45) is 0. The minimum absolute atomic E-state index is 0.140. The molecule has 0 aliphatic carbocycles. The van der Waals surface area contributed by atoms with Crippen LogP contribution in [-0.2, 0) is 0 Å². The summed E-state index contributed by atoms with van der Waals surface area (Å²) in [7, 11) is 1.63. The maximum Gasteiger partial charge on any atom is 0.146 e. The zero-order valence-corrected chi connectivity index (χ0v) is 13.2. The lowest BCUT2D eigenvalue weighted by Gasteiger charge is -2.22. The summed E-state index contributed by atoms with van der Waals surface area (Å²) in [5.74, 6) is 0.415. The van der Waals surface area contributed by atoms with Gasteiger partial charge in [0.15, 0.2) is 0 Å². The van der Waals surface area contributed by atoms with Gasteiger partial charge in [-0.1, -0.05) is 36.7 Å². The second-order valence-corrected chi connectivity index (χ2v) is 5.26. The summed E-state index contributed by atoms with van der Waals surface area (Å²) in [6.45, 7) is 4.71. The van der Waals surface area contributed by atoms with Crippen molar-refractivity contribution in [1.82, 2.24) is 5.32 Å². The van der Waals surface area contributed by atoms with E-state index in [-0.39, 0.29) is 16.9 Å². The molecule has 1 N–H and O–H groups in total. The van der Waals surface area contributed by atoms with Crippen molar-refractivity contribution in [2.45, 2.75) is 19.9 Å². The van der Waals surface area contributed by atoms with Gasteiger partial charge >= 0.3 is 0 Å². The van der Waals surface area contributed by atoms with Crippen LogP contribution in [-0.4, -0.2) is 13.7 Å². The molecule has 2 nitrogen and oxygen atoms in total. The fraction of sp³-hybridized carbons (Fsp3) is 0.294. The Morgan fingerprint density at radius 1 is 1.24 bits per heavy atom. The molecular weight excluding hydrogens is 289 g/mol. The van der Waals surface area contributed by atoms with E-state index in [1.807, 2.05) is 32.0 Å². The molecular formula is C17H19ClFNO. The van der Waals surface area contributed by atoms with Crippen LogP contribution in [0.3, 0.4) is 0 Å². The Kier molecular flexibility index (Phi) is 5.21. The normalized spacial score (nSPS) is 12.2. The summed E-state index contributed by atoms with van der Waals surface area (Å²) in [5, 5.41) is 3.46. The van der Waals surface area contributed by atoms with E-state index in [2.05, 4.69) is 5.32 Å². The minimum atomic E-state index is -0.375. The van der Waals surface area contributed by atoms with Gasteiger partial charge in [-0.2, -0.15) is 0 Å². The first-order chi connectivity index (χ1) is 10.1. The molecule has 0 saturated carbocycles. The molecule has 0 saturated heterocycles. The highest BCUT2D eigenvalue weighted by Gasteiger charge is 2.20. The molecule has 0 fully saturated rings. The zero-order valence-electron chi connectivity index (χ0n) is 12.4. The molecule has 2 rings (SSSR count). The van der Waals surface area contributed by atoms with Crippen LogP contribution in [0, 0.1) is 12.7 Å². The number of benzene rings is 2. The maximum atomic E-state index is 14.3. The lowest BCUT2D eigenvalue weighted by molar-refractivity contribution is 0.414. The van der Waals surface area contributed by atoms with Gasteiger partial charge in [-0.3, -0.25) is 0 Å². The highest BCUT2D eigenvalue weighted by molar-refractivity contribution is 6.30. The molecule has 0 spiro atoms. The third-order valence-electron chi connectivity index (χ3n) is 3.49. The van der Waals surface area contributed by atoms with Crippen LogP contribution < -0.4 is 10.1 Å². The third-order valence-corrected chi connectivity index (χ3v) is 3.78. The predicted octanol–water partition coefficient (Wildman–Crippen LogP) is 4.50. The van der Waals surface area contributed by atoms with Gasteiger partial charge in [-0.05, 0) is 42.8 Å². The average Bonchev–Trinajstić information content (AvgIpc) is 2.48. The molecule has 21 heavy (non-hydrogen) atoms. The number of rotatable bonds is 5. The van der Waals surface area contributed by atoms with Crippen LogP contribution in [0.5, 0.6) is 5.75 Å². The highest BCUT2D eigenvalue weighted by Crippen LogP contribution is 2.31. The predicted molar refractivity (Wildman–Crippen MR) is 84.7 cm³/mol. The SMILES string of the molecule is CCNC(c1ccc(OC)cc1C)c1cccc(Cl)c1F. The van der Waals surface area contributed by atoms with Gasteiger partial charge in [-0.25, -0.2) is 4.39 Å². The summed E-state index contributed by atoms with van der Waals surface area (Å²) < 4.78 is 19.6. The highest BCUT2D eigenvalue weighted by atomic mass is 35.5. The number of hydrogen-bond donors (Lipinski definition) is 1. The van der Waals surface area contributed by atoms with Gasteiger partial charge in [-0.15, -0.1) is 0 Å². The van der Waals surface area contributed by atoms with E-state index in [9.17, 15) is 4.39 Å². The first-order valence-corrected chi connectivity index (χ1v) is 7.28. The number of halogens is 2. The number of methoxy groups -OCH3 is 1. The van der Waals surface area contributed by atoms with E-state index in [1.54, 1.807) is 25.3 Å². The molecule has 1 unspecified atom stereocenters. The molecule has 0 heterocycles. The van der Waals surface area contributed by atoms with Crippen molar-refractivity contribution in [3.05, 3.63) is 63.9 Å². The van der Waals surface area contributed by atoms with Crippen LogP contribution >= 0.6 is 11.6 Å². The molecule has 0 aromatic heterocycles. The number of nitrogens with one attached hydrogen (secondary N) is 1. The topological polar surface area (TPSA) is 21.3 Å². The van der Waals surface area contributed by atoms with Gasteiger partial charge in [0, 0.05) is 5.56 Å². The molecule has 0 aliphatic rings. The first kappa shape index (κ1) is 15.8. The number of hydrogen-bond acceptors (Lipinski definition) is 2. The quantitative estimate of drug-likeness (QED) is 0.878. The second-order valence-electron chi connectivity index (χ2n) is 4.86. The van der Waals surface area contributed by atoms with Crippen molar-refractivity contribution in [3.63, 3.8) is 0 Å². The van der Waals surface area contributed by atoms with E-state index in [0.717, 1.165) is 23.4 Å². The summed E-state index contributed by atoms with van der Waals surface area (Å²) in [6, 6.07) is 10.6. The smallest absolute Gasteiger partial charge is 0.146 e. The van der Waals surface area contributed by atoms with Crippen LogP contribution in [0.1, 0.15) is 29.7 Å². The van der Waals surface area contributed by atoms with Crippen LogP contribution in [0.25, 0.3) is 0 Å². The zero-order chi connectivity index (χ0) is 15.4. The van der Waals surface area contributed by atoms with Gasteiger partial charge in [0.2, 0.25) is 0 Å². The molecule has 0 radical (unpaired) electrons. The fourth-order valence-corrected chi connectivity index (χ4v) is 2.62. The molecule has 4 heteroatoms. The lowest BCUT2D eigenvalue weighted by atomic mass is 9.94. The Morgan fingerprint density at radius 3 is 2.62 bits per heavy atom. The average molecular weight is 308 g/mol. The monoisotopic (exact) mass is 307 g/mol. The Balaban J connectivity index is 2.51. The molecule has 2 aromatic rings. The van der Waals surface area contributed by atoms with E-state index in [1.165, 1.54) is 0 Å². The molecule has 1 atom stereocenters. The van der Waals surface area contributed by atoms with Crippen molar-refractivity contribution in [2.75, 3.05) is 13.7 Å². The van der Waals surface area contributed by atoms with Gasteiger partial charge < -0.3 is 10.1 Å². The summed E-state index contributed by atoms with van der Waals surface area (Å²) in [5.41, 5.74) is 2.61. The number of aryl methyl sites for hydroxylation is 1. The molecule has 0 bridgehead atoms.